The van der Waals surface area contributed by atoms with E-state index in [9.17, 15) is 4.79 Å². The summed E-state index contributed by atoms with van der Waals surface area (Å²) in [6.45, 7) is 2.11. The number of ether oxygens (including phenoxy) is 1. The Kier molecular flexibility index (Phi) is 6.23. The summed E-state index contributed by atoms with van der Waals surface area (Å²) in [7, 11) is 1.62. The molecule has 2 heterocycles. The van der Waals surface area contributed by atoms with Crippen LogP contribution in [0, 0.1) is 0 Å². The molecule has 0 radical (unpaired) electrons. The number of hydrogen-bond donors (Lipinski definition) is 1. The molecule has 2 aromatic carbocycles. The van der Waals surface area contributed by atoms with E-state index in [0.717, 1.165) is 47.2 Å². The van der Waals surface area contributed by atoms with E-state index in [2.05, 4.69) is 20.4 Å². The van der Waals surface area contributed by atoms with Gasteiger partial charge in [0.2, 0.25) is 5.91 Å². The highest BCUT2D eigenvalue weighted by atomic mass is 16.5. The van der Waals surface area contributed by atoms with Gasteiger partial charge in [-0.1, -0.05) is 24.3 Å². The minimum Gasteiger partial charge on any atom is -0.497 e. The van der Waals surface area contributed by atoms with E-state index in [0.29, 0.717) is 6.42 Å². The van der Waals surface area contributed by atoms with E-state index >= 15 is 0 Å². The van der Waals surface area contributed by atoms with Crippen LogP contribution >= 0.6 is 0 Å². The zero-order chi connectivity index (χ0) is 20.8. The van der Waals surface area contributed by atoms with Gasteiger partial charge in [-0.15, -0.1) is 10.2 Å². The number of benzene rings is 2. The summed E-state index contributed by atoms with van der Waals surface area (Å²) in [6.07, 6.45) is 4.02. The Morgan fingerprint density at radius 1 is 1.00 bits per heavy atom. The largest absolute Gasteiger partial charge is 0.497 e. The van der Waals surface area contributed by atoms with E-state index in [-0.39, 0.29) is 5.91 Å². The summed E-state index contributed by atoms with van der Waals surface area (Å²) in [6, 6.07) is 19.3. The highest BCUT2D eigenvalue weighted by Crippen LogP contribution is 2.22. The van der Waals surface area contributed by atoms with Crippen LogP contribution in [0.3, 0.4) is 0 Å². The van der Waals surface area contributed by atoms with Crippen molar-refractivity contribution in [1.29, 1.82) is 0 Å². The number of carbonyl (C=O) groups is 1. The number of rotatable bonds is 6. The molecule has 6 heteroatoms. The minimum absolute atomic E-state index is 0.0679. The Morgan fingerprint density at radius 2 is 1.80 bits per heavy atom. The second-order valence-electron chi connectivity index (χ2n) is 7.48. The summed E-state index contributed by atoms with van der Waals surface area (Å²) in [5.74, 6) is 1.62. The standard InChI is InChI=1S/C24H26N4O2/c1-30-21-7-5-6-18(16-21)17-24(29)25-20-10-8-19(9-11-20)22-12-13-23(27-26-22)28-14-3-2-4-15-28/h5-13,16H,2-4,14-15,17H2,1H3,(H,25,29). The molecule has 30 heavy (non-hydrogen) atoms. The topological polar surface area (TPSA) is 67.3 Å². The maximum absolute atomic E-state index is 12.3. The lowest BCUT2D eigenvalue weighted by Gasteiger charge is -2.27. The molecule has 0 aliphatic carbocycles. The van der Waals surface area contributed by atoms with Gasteiger partial charge in [0.25, 0.3) is 0 Å². The molecule has 1 fully saturated rings. The Balaban J connectivity index is 1.37. The third-order valence-corrected chi connectivity index (χ3v) is 5.29. The van der Waals surface area contributed by atoms with E-state index in [1.807, 2.05) is 60.7 Å². The number of hydrogen-bond acceptors (Lipinski definition) is 5. The van der Waals surface area contributed by atoms with Gasteiger partial charge in [-0.25, -0.2) is 0 Å². The van der Waals surface area contributed by atoms with Crippen LogP contribution in [0.4, 0.5) is 11.5 Å². The second-order valence-corrected chi connectivity index (χ2v) is 7.48. The molecule has 154 valence electrons. The van der Waals surface area contributed by atoms with Gasteiger partial charge in [-0.2, -0.15) is 0 Å². The number of nitrogens with one attached hydrogen (secondary N) is 1. The molecule has 1 aliphatic heterocycles. The van der Waals surface area contributed by atoms with Crippen molar-refractivity contribution < 1.29 is 9.53 Å². The second kappa shape index (κ2) is 9.39. The van der Waals surface area contributed by atoms with Gasteiger partial charge in [0, 0.05) is 24.3 Å². The van der Waals surface area contributed by atoms with Crippen molar-refractivity contribution in [2.24, 2.45) is 0 Å². The third kappa shape index (κ3) is 4.95. The maximum atomic E-state index is 12.3. The lowest BCUT2D eigenvalue weighted by atomic mass is 10.1. The molecule has 0 unspecified atom stereocenters. The highest BCUT2D eigenvalue weighted by Gasteiger charge is 2.13. The molecule has 3 aromatic rings. The fraction of sp³-hybridized carbons (Fsp3) is 0.292. The normalized spacial score (nSPS) is 13.7. The monoisotopic (exact) mass is 402 g/mol. The van der Waals surface area contributed by atoms with Crippen LogP contribution in [-0.4, -0.2) is 36.3 Å². The number of methoxy groups -OCH3 is 1. The fourth-order valence-electron chi connectivity index (χ4n) is 3.67. The van der Waals surface area contributed by atoms with Crippen molar-refractivity contribution >= 4 is 17.4 Å². The average Bonchev–Trinajstić information content (AvgIpc) is 2.80. The predicted octanol–water partition coefficient (Wildman–Crippen LogP) is 4.32. The average molecular weight is 402 g/mol. The summed E-state index contributed by atoms with van der Waals surface area (Å²) in [5.41, 5.74) is 3.46. The Bertz CT molecular complexity index is 981. The zero-order valence-corrected chi connectivity index (χ0v) is 17.2. The van der Waals surface area contributed by atoms with Gasteiger partial charge in [-0.3, -0.25) is 4.79 Å². The lowest BCUT2D eigenvalue weighted by molar-refractivity contribution is -0.115. The smallest absolute Gasteiger partial charge is 0.228 e. The van der Waals surface area contributed by atoms with Crippen LogP contribution in [0.2, 0.25) is 0 Å². The van der Waals surface area contributed by atoms with Crippen molar-refractivity contribution in [3.05, 3.63) is 66.2 Å². The molecule has 1 amide bonds. The van der Waals surface area contributed by atoms with Gasteiger partial charge in [0.05, 0.1) is 19.2 Å². The van der Waals surface area contributed by atoms with E-state index < -0.39 is 0 Å². The van der Waals surface area contributed by atoms with Crippen molar-refractivity contribution in [3.8, 4) is 17.0 Å². The van der Waals surface area contributed by atoms with Crippen LogP contribution in [0.5, 0.6) is 5.75 Å². The van der Waals surface area contributed by atoms with E-state index in [1.165, 1.54) is 19.3 Å². The van der Waals surface area contributed by atoms with Gasteiger partial charge >= 0.3 is 0 Å². The highest BCUT2D eigenvalue weighted by molar-refractivity contribution is 5.92. The predicted molar refractivity (Wildman–Crippen MR) is 119 cm³/mol. The molecule has 1 aliphatic rings. The molecule has 0 bridgehead atoms. The number of amides is 1. The molecule has 1 saturated heterocycles. The molecule has 1 aromatic heterocycles. The molecular formula is C24H26N4O2. The summed E-state index contributed by atoms with van der Waals surface area (Å²) in [5, 5.41) is 11.7. The van der Waals surface area contributed by atoms with Crippen LogP contribution in [0.15, 0.2) is 60.7 Å². The Morgan fingerprint density at radius 3 is 2.50 bits per heavy atom. The van der Waals surface area contributed by atoms with Crippen molar-refractivity contribution in [1.82, 2.24) is 10.2 Å². The summed E-state index contributed by atoms with van der Waals surface area (Å²) >= 11 is 0. The molecule has 0 atom stereocenters. The third-order valence-electron chi connectivity index (χ3n) is 5.29. The van der Waals surface area contributed by atoms with Crippen LogP contribution in [0.25, 0.3) is 11.3 Å². The number of nitrogens with zero attached hydrogens (tertiary/aromatic N) is 3. The van der Waals surface area contributed by atoms with Crippen molar-refractivity contribution in [3.63, 3.8) is 0 Å². The van der Waals surface area contributed by atoms with E-state index in [4.69, 9.17) is 4.74 Å². The molecule has 1 N–H and O–H groups in total. The summed E-state index contributed by atoms with van der Waals surface area (Å²) < 4.78 is 5.21. The first kappa shape index (κ1) is 19.9. The lowest BCUT2D eigenvalue weighted by Crippen LogP contribution is -2.30. The molecule has 6 nitrogen and oxygen atoms in total. The van der Waals surface area contributed by atoms with Crippen LogP contribution in [-0.2, 0) is 11.2 Å². The zero-order valence-electron chi connectivity index (χ0n) is 17.2. The number of anilines is 2. The maximum Gasteiger partial charge on any atom is 0.228 e. The minimum atomic E-state index is -0.0679. The van der Waals surface area contributed by atoms with Gasteiger partial charge < -0.3 is 15.0 Å². The Hall–Kier alpha value is -3.41. The van der Waals surface area contributed by atoms with Gasteiger partial charge in [-0.05, 0) is 61.2 Å². The molecule has 0 saturated carbocycles. The van der Waals surface area contributed by atoms with Crippen LogP contribution < -0.4 is 15.0 Å². The van der Waals surface area contributed by atoms with Crippen LogP contribution in [0.1, 0.15) is 24.8 Å². The van der Waals surface area contributed by atoms with E-state index in [1.54, 1.807) is 7.11 Å². The SMILES string of the molecule is COc1cccc(CC(=O)Nc2ccc(-c3ccc(N4CCCCC4)nn3)cc2)c1. The van der Waals surface area contributed by atoms with Crippen molar-refractivity contribution in [2.75, 3.05) is 30.4 Å². The fourth-order valence-corrected chi connectivity index (χ4v) is 3.67. The Labute approximate surface area is 176 Å². The first-order valence-electron chi connectivity index (χ1n) is 10.3. The first-order valence-corrected chi connectivity index (χ1v) is 10.3. The number of carbonyl (C=O) groups excluding carboxylic acids is 1. The molecule has 0 spiro atoms. The summed E-state index contributed by atoms with van der Waals surface area (Å²) in [4.78, 5) is 14.6. The first-order chi connectivity index (χ1) is 14.7. The van der Waals surface area contributed by atoms with Gasteiger partial charge in [0.15, 0.2) is 5.82 Å². The number of piperidine rings is 1. The number of aromatic nitrogens is 2. The molecular weight excluding hydrogens is 376 g/mol. The quantitative estimate of drug-likeness (QED) is 0.665. The van der Waals surface area contributed by atoms with Crippen molar-refractivity contribution in [2.45, 2.75) is 25.7 Å². The molecule has 4 rings (SSSR count). The van der Waals surface area contributed by atoms with Gasteiger partial charge in [0.1, 0.15) is 5.75 Å².